The number of likely N-dealkylation sites (tertiary alicyclic amines) is 1. The van der Waals surface area contributed by atoms with Gasteiger partial charge in [0.15, 0.2) is 0 Å². The summed E-state index contributed by atoms with van der Waals surface area (Å²) in [5.41, 5.74) is 1.25. The van der Waals surface area contributed by atoms with Crippen LogP contribution < -0.4 is 4.74 Å². The average molecular weight is 291 g/mol. The van der Waals surface area contributed by atoms with E-state index in [9.17, 15) is 4.79 Å². The Morgan fingerprint density at radius 1 is 1.29 bits per heavy atom. The van der Waals surface area contributed by atoms with E-state index >= 15 is 0 Å². The molecule has 0 amide bonds. The summed E-state index contributed by atoms with van der Waals surface area (Å²) < 4.78 is 5.67. The second-order valence-electron chi connectivity index (χ2n) is 6.24. The van der Waals surface area contributed by atoms with Gasteiger partial charge in [-0.2, -0.15) is 0 Å². The molecule has 0 bridgehead atoms. The first kappa shape index (κ1) is 15.8. The van der Waals surface area contributed by atoms with Crippen molar-refractivity contribution in [1.29, 1.82) is 0 Å². The summed E-state index contributed by atoms with van der Waals surface area (Å²) >= 11 is 0. The van der Waals surface area contributed by atoms with Crippen molar-refractivity contribution in [3.8, 4) is 5.75 Å². The monoisotopic (exact) mass is 291 g/mol. The van der Waals surface area contributed by atoms with E-state index in [1.165, 1.54) is 5.56 Å². The van der Waals surface area contributed by atoms with Crippen LogP contribution in [0.5, 0.6) is 5.75 Å². The van der Waals surface area contributed by atoms with Crippen molar-refractivity contribution in [2.75, 3.05) is 19.7 Å². The minimum atomic E-state index is -0.652. The lowest BCUT2D eigenvalue weighted by Gasteiger charge is -2.30. The molecule has 1 aliphatic rings. The van der Waals surface area contributed by atoms with Crippen molar-refractivity contribution in [2.24, 2.45) is 11.8 Å². The first-order valence-electron chi connectivity index (χ1n) is 7.71. The van der Waals surface area contributed by atoms with Gasteiger partial charge in [-0.3, -0.25) is 9.69 Å². The Morgan fingerprint density at radius 3 is 2.43 bits per heavy atom. The molecular formula is C17H25NO3. The van der Waals surface area contributed by atoms with E-state index in [4.69, 9.17) is 9.84 Å². The minimum absolute atomic E-state index is 0.159. The third kappa shape index (κ3) is 5.05. The first-order valence-corrected chi connectivity index (χ1v) is 7.71. The molecule has 1 aliphatic heterocycles. The molecule has 0 saturated carbocycles. The molecule has 1 N–H and O–H groups in total. The lowest BCUT2D eigenvalue weighted by atomic mass is 9.97. The van der Waals surface area contributed by atoms with Crippen LogP contribution in [0.4, 0.5) is 0 Å². The van der Waals surface area contributed by atoms with Crippen molar-refractivity contribution in [1.82, 2.24) is 4.90 Å². The van der Waals surface area contributed by atoms with Crippen molar-refractivity contribution in [3.05, 3.63) is 29.8 Å². The van der Waals surface area contributed by atoms with Gasteiger partial charge >= 0.3 is 5.97 Å². The number of hydrogen-bond acceptors (Lipinski definition) is 3. The number of piperidine rings is 1. The van der Waals surface area contributed by atoms with Crippen LogP contribution in [0.3, 0.4) is 0 Å². The summed E-state index contributed by atoms with van der Waals surface area (Å²) in [4.78, 5) is 13.3. The van der Waals surface area contributed by atoms with E-state index in [-0.39, 0.29) is 5.92 Å². The van der Waals surface area contributed by atoms with Gasteiger partial charge in [-0.25, -0.2) is 0 Å². The maximum atomic E-state index is 10.9. The summed E-state index contributed by atoms with van der Waals surface area (Å²) in [5.74, 6) is 0.631. The number of nitrogens with zero attached hydrogens (tertiary/aromatic N) is 1. The Labute approximate surface area is 126 Å². The Balaban J connectivity index is 1.80. The standard InChI is InChI=1S/C17H25NO3/c1-13(2)12-21-16-5-3-14(4-6-16)11-18-9-7-15(8-10-18)17(19)20/h3-6,13,15H,7-12H2,1-2H3,(H,19,20). The molecule has 1 heterocycles. The van der Waals surface area contributed by atoms with Gasteiger partial charge in [0.2, 0.25) is 0 Å². The molecule has 4 nitrogen and oxygen atoms in total. The molecule has 1 fully saturated rings. The number of benzene rings is 1. The molecule has 2 rings (SSSR count). The molecule has 0 unspecified atom stereocenters. The molecule has 1 saturated heterocycles. The van der Waals surface area contributed by atoms with Crippen LogP contribution in [0.2, 0.25) is 0 Å². The normalized spacial score (nSPS) is 17.1. The molecule has 0 radical (unpaired) electrons. The second-order valence-corrected chi connectivity index (χ2v) is 6.24. The fourth-order valence-electron chi connectivity index (χ4n) is 2.55. The third-order valence-corrected chi connectivity index (χ3v) is 3.85. The third-order valence-electron chi connectivity index (χ3n) is 3.85. The number of aliphatic carboxylic acids is 1. The zero-order valence-electron chi connectivity index (χ0n) is 12.9. The highest BCUT2D eigenvalue weighted by Gasteiger charge is 2.24. The first-order chi connectivity index (χ1) is 10.0. The number of carbonyl (C=O) groups is 1. The summed E-state index contributed by atoms with van der Waals surface area (Å²) in [6.45, 7) is 7.62. The van der Waals surface area contributed by atoms with Crippen LogP contribution in [0.1, 0.15) is 32.3 Å². The predicted octanol–water partition coefficient (Wildman–Crippen LogP) is 3.02. The van der Waals surface area contributed by atoms with Crippen LogP contribution in [0.25, 0.3) is 0 Å². The number of carboxylic acid groups (broad SMARTS) is 1. The Hall–Kier alpha value is -1.55. The summed E-state index contributed by atoms with van der Waals surface area (Å²) in [6, 6.07) is 8.22. The molecule has 0 aromatic heterocycles. The molecule has 116 valence electrons. The van der Waals surface area contributed by atoms with Gasteiger partial charge in [0, 0.05) is 6.54 Å². The number of ether oxygens (including phenoxy) is 1. The quantitative estimate of drug-likeness (QED) is 0.875. The lowest BCUT2D eigenvalue weighted by Crippen LogP contribution is -2.35. The highest BCUT2D eigenvalue weighted by atomic mass is 16.5. The maximum Gasteiger partial charge on any atom is 0.306 e. The van der Waals surface area contributed by atoms with E-state index in [2.05, 4.69) is 30.9 Å². The fraction of sp³-hybridized carbons (Fsp3) is 0.588. The molecule has 1 aromatic rings. The number of rotatable bonds is 6. The van der Waals surface area contributed by atoms with E-state index in [1.54, 1.807) is 0 Å². The maximum absolute atomic E-state index is 10.9. The zero-order chi connectivity index (χ0) is 15.2. The Morgan fingerprint density at radius 2 is 1.90 bits per heavy atom. The number of carboxylic acids is 1. The van der Waals surface area contributed by atoms with Crippen molar-refractivity contribution < 1.29 is 14.6 Å². The van der Waals surface area contributed by atoms with Gasteiger partial charge in [0.1, 0.15) is 5.75 Å². The van der Waals surface area contributed by atoms with Gasteiger partial charge in [0.25, 0.3) is 0 Å². The highest BCUT2D eigenvalue weighted by Crippen LogP contribution is 2.20. The summed E-state index contributed by atoms with van der Waals surface area (Å²) in [7, 11) is 0. The highest BCUT2D eigenvalue weighted by molar-refractivity contribution is 5.70. The van der Waals surface area contributed by atoms with E-state index in [0.29, 0.717) is 5.92 Å². The van der Waals surface area contributed by atoms with Crippen molar-refractivity contribution in [2.45, 2.75) is 33.2 Å². The zero-order valence-corrected chi connectivity index (χ0v) is 12.9. The Bertz CT molecular complexity index is 448. The lowest BCUT2D eigenvalue weighted by molar-refractivity contribution is -0.143. The van der Waals surface area contributed by atoms with Crippen molar-refractivity contribution >= 4 is 5.97 Å². The van der Waals surface area contributed by atoms with Crippen LogP contribution in [-0.2, 0) is 11.3 Å². The molecule has 21 heavy (non-hydrogen) atoms. The molecular weight excluding hydrogens is 266 g/mol. The summed E-state index contributed by atoms with van der Waals surface area (Å²) in [6.07, 6.45) is 1.51. The molecule has 0 atom stereocenters. The fourth-order valence-corrected chi connectivity index (χ4v) is 2.55. The van der Waals surface area contributed by atoms with Crippen LogP contribution in [-0.4, -0.2) is 35.7 Å². The second kappa shape index (κ2) is 7.46. The minimum Gasteiger partial charge on any atom is -0.493 e. The van der Waals surface area contributed by atoms with Crippen LogP contribution in [0, 0.1) is 11.8 Å². The average Bonchev–Trinajstić information content (AvgIpc) is 2.47. The largest absolute Gasteiger partial charge is 0.493 e. The topological polar surface area (TPSA) is 49.8 Å². The van der Waals surface area contributed by atoms with E-state index in [1.807, 2.05) is 12.1 Å². The SMILES string of the molecule is CC(C)COc1ccc(CN2CCC(C(=O)O)CC2)cc1. The predicted molar refractivity (Wildman–Crippen MR) is 82.4 cm³/mol. The van der Waals surface area contributed by atoms with Crippen LogP contribution in [0.15, 0.2) is 24.3 Å². The van der Waals surface area contributed by atoms with Gasteiger partial charge < -0.3 is 9.84 Å². The molecule has 0 spiro atoms. The van der Waals surface area contributed by atoms with Gasteiger partial charge in [-0.1, -0.05) is 26.0 Å². The van der Waals surface area contributed by atoms with Gasteiger partial charge in [-0.05, 0) is 49.5 Å². The van der Waals surface area contributed by atoms with Crippen molar-refractivity contribution in [3.63, 3.8) is 0 Å². The van der Waals surface area contributed by atoms with E-state index < -0.39 is 5.97 Å². The van der Waals surface area contributed by atoms with E-state index in [0.717, 1.165) is 44.8 Å². The Kier molecular flexibility index (Phi) is 5.62. The molecule has 4 heteroatoms. The summed E-state index contributed by atoms with van der Waals surface area (Å²) in [5, 5.41) is 9.00. The molecule has 0 aliphatic carbocycles. The van der Waals surface area contributed by atoms with Crippen LogP contribution >= 0.6 is 0 Å². The smallest absolute Gasteiger partial charge is 0.306 e. The molecule has 1 aromatic carbocycles. The van der Waals surface area contributed by atoms with Gasteiger partial charge in [0.05, 0.1) is 12.5 Å². The van der Waals surface area contributed by atoms with Gasteiger partial charge in [-0.15, -0.1) is 0 Å². The number of hydrogen-bond donors (Lipinski definition) is 1.